The molecule has 0 bridgehead atoms. The molecular formula is C21H40N8O4Y4-4. The maximum Gasteiger partial charge on any atom is 0.242 e. The molecule has 0 aliphatic heterocycles. The van der Waals surface area contributed by atoms with E-state index in [1.807, 2.05) is 0 Å². The van der Waals surface area contributed by atoms with Crippen LogP contribution >= 0.6 is 0 Å². The van der Waals surface area contributed by atoms with E-state index in [1.54, 1.807) is 0 Å². The Balaban J connectivity index is -0.000000853. The van der Waals surface area contributed by atoms with Crippen molar-refractivity contribution in [1.82, 2.24) is 16.0 Å². The van der Waals surface area contributed by atoms with E-state index >= 15 is 0 Å². The van der Waals surface area contributed by atoms with Crippen LogP contribution < -0.4 is 21.7 Å². The minimum atomic E-state index is -1.03. The van der Waals surface area contributed by atoms with E-state index < -0.39 is 35.8 Å². The molecule has 3 atom stereocenters. The van der Waals surface area contributed by atoms with Crippen LogP contribution in [-0.4, -0.2) is 67.9 Å². The molecule has 9 N–H and O–H groups in total. The van der Waals surface area contributed by atoms with E-state index in [9.17, 15) is 19.2 Å². The van der Waals surface area contributed by atoms with Crippen LogP contribution in [0.3, 0.4) is 0 Å². The van der Waals surface area contributed by atoms with Crippen LogP contribution in [0.5, 0.6) is 0 Å². The Labute approximate surface area is 322 Å². The van der Waals surface area contributed by atoms with E-state index in [2.05, 4.69) is 16.0 Å². The Morgan fingerprint density at radius 3 is 1.57 bits per heavy atom. The van der Waals surface area contributed by atoms with E-state index in [0.29, 0.717) is 57.9 Å². The molecule has 0 rings (SSSR count). The summed E-state index contributed by atoms with van der Waals surface area (Å²) in [4.78, 5) is 47.5. The van der Waals surface area contributed by atoms with Crippen molar-refractivity contribution in [1.29, 1.82) is 0 Å². The molecule has 0 aromatic carbocycles. The second-order valence-electron chi connectivity index (χ2n) is 7.95. The zero-order chi connectivity index (χ0) is 25.1. The predicted molar refractivity (Wildman–Crippen MR) is 128 cm³/mol. The largest absolute Gasteiger partial charge is 0.677 e. The van der Waals surface area contributed by atoms with Gasteiger partial charge in [-0.05, 0) is 19.3 Å². The second-order valence-corrected chi connectivity index (χ2v) is 7.95. The van der Waals surface area contributed by atoms with Gasteiger partial charge in [0.05, 0.1) is 0 Å². The summed E-state index contributed by atoms with van der Waals surface area (Å²) in [7, 11) is 0. The van der Waals surface area contributed by atoms with Crippen LogP contribution in [0.15, 0.2) is 0 Å². The number of nitrogens with two attached hydrogens (primary N) is 1. The van der Waals surface area contributed by atoms with E-state index in [4.69, 9.17) is 28.7 Å². The Kier molecular flexibility index (Phi) is 43.1. The molecule has 0 aliphatic rings. The summed E-state index contributed by atoms with van der Waals surface area (Å²) in [6.07, 6.45) is 4.56. The van der Waals surface area contributed by atoms with Gasteiger partial charge in [0.2, 0.25) is 23.6 Å². The molecule has 0 spiro atoms. The minimum Gasteiger partial charge on any atom is -0.677 e. The van der Waals surface area contributed by atoms with Gasteiger partial charge in [0.1, 0.15) is 6.04 Å². The molecule has 0 fully saturated rings. The summed E-state index contributed by atoms with van der Waals surface area (Å²) in [6.45, 7) is 0.913. The van der Waals surface area contributed by atoms with Gasteiger partial charge in [0.15, 0.2) is 0 Å². The Morgan fingerprint density at radius 1 is 0.622 bits per heavy atom. The summed E-state index contributed by atoms with van der Waals surface area (Å²) in [5.74, 6) is -1.95. The Bertz CT molecular complexity index is 609. The van der Waals surface area contributed by atoms with Crippen molar-refractivity contribution in [2.75, 3.05) is 26.2 Å². The fourth-order valence-corrected chi connectivity index (χ4v) is 2.99. The van der Waals surface area contributed by atoms with Crippen molar-refractivity contribution in [3.63, 3.8) is 0 Å². The molecule has 0 saturated heterocycles. The third-order valence-electron chi connectivity index (χ3n) is 4.99. The quantitative estimate of drug-likeness (QED) is 0.135. The molecule has 0 unspecified atom stereocenters. The molecule has 37 heavy (non-hydrogen) atoms. The van der Waals surface area contributed by atoms with Crippen molar-refractivity contribution in [2.24, 2.45) is 5.73 Å². The fourth-order valence-electron chi connectivity index (χ4n) is 2.99. The fraction of sp³-hybridized carbons (Fsp3) is 0.810. The third kappa shape index (κ3) is 28.0. The first-order valence-corrected chi connectivity index (χ1v) is 11.6. The summed E-state index contributed by atoms with van der Waals surface area (Å²) in [5, 5.41) is 7.84. The molecule has 0 aromatic rings. The van der Waals surface area contributed by atoms with Gasteiger partial charge in [0, 0.05) is 150 Å². The van der Waals surface area contributed by atoms with Crippen molar-refractivity contribution in [2.45, 2.75) is 82.3 Å². The van der Waals surface area contributed by atoms with Gasteiger partial charge >= 0.3 is 0 Å². The first kappa shape index (κ1) is 48.8. The number of nitrogens with one attached hydrogen (secondary N) is 7. The first-order chi connectivity index (χ1) is 15.7. The number of hydrogen-bond donors (Lipinski definition) is 4. The van der Waals surface area contributed by atoms with Crippen LogP contribution in [0.2, 0.25) is 0 Å². The van der Waals surface area contributed by atoms with Crippen LogP contribution in [0.25, 0.3) is 22.9 Å². The Morgan fingerprint density at radius 2 is 1.08 bits per heavy atom. The van der Waals surface area contributed by atoms with Gasteiger partial charge in [-0.15, -0.1) is 0 Å². The number of rotatable bonds is 20. The standard InChI is InChI=1S/C21H40N8O4.4Y/c22-11-4-1-7-15(24)19(31)27-13-6-3-9-17(21(33)28-14-10-18(26)30)29-20(32)16(25)8-2-5-12-23;;;;/h15-17,22-25H,1-14H2,(H2,26,30)(H,27,31)(H,28,33)(H,29,32);;;;/q-4;;;;/t15-,16-,17-;;;;/m0..../s1. The summed E-state index contributed by atoms with van der Waals surface area (Å²) < 4.78 is 0. The van der Waals surface area contributed by atoms with Gasteiger partial charge in [-0.3, -0.25) is 19.2 Å². The molecule has 0 saturated carbocycles. The molecule has 4 radical (unpaired) electrons. The summed E-state index contributed by atoms with van der Waals surface area (Å²) in [5.41, 5.74) is 35.0. The normalized spacial score (nSPS) is 12.1. The van der Waals surface area contributed by atoms with E-state index in [0.717, 1.165) is 0 Å². The van der Waals surface area contributed by atoms with Crippen LogP contribution in [0.4, 0.5) is 0 Å². The molecule has 0 heterocycles. The number of primary amides is 1. The maximum atomic E-state index is 12.5. The maximum absolute atomic E-state index is 12.5. The average Bonchev–Trinajstić information content (AvgIpc) is 2.77. The minimum absolute atomic E-state index is 0. The van der Waals surface area contributed by atoms with Crippen LogP contribution in [-0.2, 0) is 150 Å². The Hall–Kier alpha value is 2.14. The number of amides is 4. The summed E-state index contributed by atoms with van der Waals surface area (Å²) in [6, 6.07) is -2.76. The first-order valence-electron chi connectivity index (χ1n) is 11.6. The number of hydrogen-bond acceptors (Lipinski definition) is 4. The molecule has 0 aromatic heterocycles. The zero-order valence-corrected chi connectivity index (χ0v) is 33.0. The summed E-state index contributed by atoms with van der Waals surface area (Å²) >= 11 is 0. The number of carbonyl (C=O) groups is 4. The van der Waals surface area contributed by atoms with Crippen LogP contribution in [0.1, 0.15) is 64.2 Å². The topological polar surface area (TPSA) is 226 Å². The van der Waals surface area contributed by atoms with Crippen molar-refractivity contribution < 1.29 is 150 Å². The van der Waals surface area contributed by atoms with Gasteiger partial charge in [0.25, 0.3) is 0 Å². The van der Waals surface area contributed by atoms with Gasteiger partial charge in [-0.1, -0.05) is 50.6 Å². The van der Waals surface area contributed by atoms with Crippen molar-refractivity contribution >= 4 is 23.6 Å². The molecule has 4 amide bonds. The van der Waals surface area contributed by atoms with Gasteiger partial charge < -0.3 is 44.6 Å². The predicted octanol–water partition coefficient (Wildman–Crippen LogP) is 2.03. The number of unbranched alkanes of at least 4 members (excludes halogenated alkanes) is 3. The van der Waals surface area contributed by atoms with Crippen molar-refractivity contribution in [3.8, 4) is 0 Å². The molecule has 204 valence electrons. The molecular weight excluding hydrogens is 784 g/mol. The zero-order valence-electron chi connectivity index (χ0n) is 21.7. The van der Waals surface area contributed by atoms with Gasteiger partial charge in [-0.25, -0.2) is 0 Å². The van der Waals surface area contributed by atoms with Gasteiger partial charge in [-0.2, -0.15) is 13.1 Å². The molecule has 16 heteroatoms. The average molecular weight is 824 g/mol. The van der Waals surface area contributed by atoms with E-state index in [-0.39, 0.29) is 169 Å². The molecule has 12 nitrogen and oxygen atoms in total. The van der Waals surface area contributed by atoms with Crippen molar-refractivity contribution in [3.05, 3.63) is 22.9 Å². The second kappa shape index (κ2) is 32.6. The monoisotopic (exact) mass is 824 g/mol. The number of carbonyl (C=O) groups excluding carboxylic acids is 4. The molecule has 0 aliphatic carbocycles. The van der Waals surface area contributed by atoms with Crippen LogP contribution in [0, 0.1) is 0 Å². The third-order valence-corrected chi connectivity index (χ3v) is 4.99. The smallest absolute Gasteiger partial charge is 0.242 e. The SMILES string of the molecule is [NH-]CCCC[C@H]([NH-])C(=O)NCCCC[C@H](NC(=O)[C@@H]([NH-])CCCC[NH-])C(=O)NCCC(N)=O.[Y].[Y].[Y].[Y]. The van der Waals surface area contributed by atoms with E-state index in [1.165, 1.54) is 0 Å².